The van der Waals surface area contributed by atoms with E-state index in [9.17, 15) is 0 Å². The minimum absolute atomic E-state index is 0.725. The summed E-state index contributed by atoms with van der Waals surface area (Å²) in [6, 6.07) is 13.7. The van der Waals surface area contributed by atoms with Gasteiger partial charge in [0.25, 0.3) is 0 Å². The molecule has 3 rings (SSSR count). The molecule has 0 atom stereocenters. The maximum absolute atomic E-state index is 5.78. The smallest absolute Gasteiger partial charge is 0.141 e. The fraction of sp³-hybridized carbons (Fsp3) is 0.167. The number of hydrogen-bond donors (Lipinski definition) is 1. The molecule has 0 unspecified atom stereocenters. The molecule has 0 spiro atoms. The van der Waals surface area contributed by atoms with E-state index in [-0.39, 0.29) is 0 Å². The second-order valence-electron chi connectivity index (χ2n) is 5.46. The lowest BCUT2D eigenvalue weighted by atomic mass is 10.2. The first-order chi connectivity index (χ1) is 10.6. The number of imidazole rings is 1. The molecule has 3 aromatic rings. The highest BCUT2D eigenvalue weighted by Gasteiger charge is 2.13. The van der Waals surface area contributed by atoms with Gasteiger partial charge in [0.1, 0.15) is 11.6 Å². The van der Waals surface area contributed by atoms with Crippen LogP contribution in [0.25, 0.3) is 22.4 Å². The highest BCUT2D eigenvalue weighted by Crippen LogP contribution is 2.28. The third-order valence-electron chi connectivity index (χ3n) is 3.55. The van der Waals surface area contributed by atoms with Crippen molar-refractivity contribution < 1.29 is 4.74 Å². The molecule has 0 saturated carbocycles. The molecule has 0 aliphatic rings. The van der Waals surface area contributed by atoms with Crippen molar-refractivity contribution in [3.63, 3.8) is 0 Å². The summed E-state index contributed by atoms with van der Waals surface area (Å²) in [5, 5.41) is 0. The minimum atomic E-state index is 0.725. The molecule has 0 radical (unpaired) electrons. The summed E-state index contributed by atoms with van der Waals surface area (Å²) >= 11 is 0. The topological polar surface area (TPSA) is 53.1 Å². The quantitative estimate of drug-likeness (QED) is 0.587. The Labute approximate surface area is 129 Å². The number of nitrogens with two attached hydrogens (primary N) is 1. The number of hydrogen-bond acceptors (Lipinski definition) is 3. The molecule has 1 heterocycles. The van der Waals surface area contributed by atoms with Crippen LogP contribution < -0.4 is 10.5 Å². The molecule has 0 bridgehead atoms. The average molecular weight is 293 g/mol. The summed E-state index contributed by atoms with van der Waals surface area (Å²) in [5.41, 5.74) is 10.6. The van der Waals surface area contributed by atoms with E-state index in [1.54, 1.807) is 7.11 Å². The first-order valence-corrected chi connectivity index (χ1v) is 7.13. The predicted molar refractivity (Wildman–Crippen MR) is 90.9 cm³/mol. The normalized spacial score (nSPS) is 10.8. The van der Waals surface area contributed by atoms with Crippen LogP contribution in [0.15, 0.2) is 54.6 Å². The van der Waals surface area contributed by atoms with Crippen LogP contribution in [0.1, 0.15) is 6.92 Å². The highest BCUT2D eigenvalue weighted by atomic mass is 16.5. The van der Waals surface area contributed by atoms with Gasteiger partial charge in [-0.15, -0.1) is 0 Å². The van der Waals surface area contributed by atoms with E-state index < -0.39 is 0 Å². The lowest BCUT2D eigenvalue weighted by Crippen LogP contribution is -2.01. The van der Waals surface area contributed by atoms with Crippen LogP contribution in [0.2, 0.25) is 0 Å². The monoisotopic (exact) mass is 293 g/mol. The van der Waals surface area contributed by atoms with E-state index in [1.807, 2.05) is 49.4 Å². The van der Waals surface area contributed by atoms with Gasteiger partial charge in [0.05, 0.1) is 18.1 Å². The molecule has 2 aromatic carbocycles. The van der Waals surface area contributed by atoms with Crippen LogP contribution in [0.4, 0.5) is 5.69 Å². The van der Waals surface area contributed by atoms with Crippen LogP contribution in [0, 0.1) is 0 Å². The molecule has 4 nitrogen and oxygen atoms in total. The van der Waals surface area contributed by atoms with E-state index >= 15 is 0 Å². The number of aromatic nitrogens is 2. The Balaban J connectivity index is 2.22. The van der Waals surface area contributed by atoms with E-state index in [1.165, 1.54) is 0 Å². The number of nitrogens with zero attached hydrogens (tertiary/aromatic N) is 2. The van der Waals surface area contributed by atoms with Crippen LogP contribution in [-0.4, -0.2) is 16.7 Å². The molecule has 0 fully saturated rings. The molecular weight excluding hydrogens is 274 g/mol. The van der Waals surface area contributed by atoms with Gasteiger partial charge in [0.2, 0.25) is 0 Å². The highest BCUT2D eigenvalue weighted by molar-refractivity contribution is 5.82. The number of rotatable bonds is 4. The van der Waals surface area contributed by atoms with Gasteiger partial charge in [-0.2, -0.15) is 0 Å². The molecule has 0 aliphatic heterocycles. The number of fused-ring (bicyclic) bond motifs is 1. The molecule has 1 aromatic heterocycles. The standard InChI is InChI=1S/C18H19N3O/c1-12(2)11-21-17-9-8-15(22-3)10-16(17)20-18(21)13-4-6-14(19)7-5-13/h4-10H,1,11,19H2,2-3H3. The maximum atomic E-state index is 5.78. The van der Waals surface area contributed by atoms with Gasteiger partial charge in [-0.3, -0.25) is 0 Å². The number of ether oxygens (including phenoxy) is 1. The van der Waals surface area contributed by atoms with Gasteiger partial charge in [-0.25, -0.2) is 4.98 Å². The molecule has 112 valence electrons. The number of methoxy groups -OCH3 is 1. The molecule has 22 heavy (non-hydrogen) atoms. The summed E-state index contributed by atoms with van der Waals surface area (Å²) in [6.45, 7) is 6.77. The lowest BCUT2D eigenvalue weighted by Gasteiger charge is -2.09. The van der Waals surface area contributed by atoms with Gasteiger partial charge >= 0.3 is 0 Å². The third kappa shape index (κ3) is 2.55. The average Bonchev–Trinajstić information content (AvgIpc) is 2.85. The van der Waals surface area contributed by atoms with Crippen LogP contribution in [0.3, 0.4) is 0 Å². The first-order valence-electron chi connectivity index (χ1n) is 7.13. The van der Waals surface area contributed by atoms with Gasteiger partial charge in [0, 0.05) is 23.9 Å². The second-order valence-corrected chi connectivity index (χ2v) is 5.46. The number of allylic oxidation sites excluding steroid dienone is 1. The van der Waals surface area contributed by atoms with Crippen LogP contribution in [-0.2, 0) is 6.54 Å². The maximum Gasteiger partial charge on any atom is 0.141 e. The van der Waals surface area contributed by atoms with Gasteiger partial charge in [-0.1, -0.05) is 12.2 Å². The molecule has 0 amide bonds. The Morgan fingerprint density at radius 3 is 2.59 bits per heavy atom. The zero-order chi connectivity index (χ0) is 15.7. The van der Waals surface area contributed by atoms with Crippen molar-refractivity contribution in [3.05, 3.63) is 54.6 Å². The van der Waals surface area contributed by atoms with E-state index in [4.69, 9.17) is 15.5 Å². The Hall–Kier alpha value is -2.75. The Morgan fingerprint density at radius 1 is 1.23 bits per heavy atom. The second kappa shape index (κ2) is 5.56. The van der Waals surface area contributed by atoms with Gasteiger partial charge in [-0.05, 0) is 43.3 Å². The van der Waals surface area contributed by atoms with Crippen LogP contribution >= 0.6 is 0 Å². The van der Waals surface area contributed by atoms with Crippen molar-refractivity contribution in [2.75, 3.05) is 12.8 Å². The fourth-order valence-electron chi connectivity index (χ4n) is 2.52. The summed E-state index contributed by atoms with van der Waals surface area (Å²) in [5.74, 6) is 1.71. The Bertz CT molecular complexity index is 831. The molecule has 4 heteroatoms. The van der Waals surface area contributed by atoms with Crippen molar-refractivity contribution in [2.24, 2.45) is 0 Å². The SMILES string of the molecule is C=C(C)Cn1c(-c2ccc(N)cc2)nc2cc(OC)ccc21. The summed E-state index contributed by atoms with van der Waals surface area (Å²) < 4.78 is 7.46. The predicted octanol–water partition coefficient (Wildman–Crippen LogP) is 3.87. The van der Waals surface area contributed by atoms with E-state index in [0.717, 1.165) is 46.0 Å². The van der Waals surface area contributed by atoms with Gasteiger partial charge in [0.15, 0.2) is 0 Å². The van der Waals surface area contributed by atoms with Crippen molar-refractivity contribution in [1.82, 2.24) is 9.55 Å². The van der Waals surface area contributed by atoms with Crippen LogP contribution in [0.5, 0.6) is 5.75 Å². The fourth-order valence-corrected chi connectivity index (χ4v) is 2.52. The minimum Gasteiger partial charge on any atom is -0.497 e. The lowest BCUT2D eigenvalue weighted by molar-refractivity contribution is 0.415. The van der Waals surface area contributed by atoms with E-state index in [0.29, 0.717) is 0 Å². The molecule has 0 saturated heterocycles. The summed E-state index contributed by atoms with van der Waals surface area (Å²) in [7, 11) is 1.66. The first kappa shape index (κ1) is 14.2. The van der Waals surface area contributed by atoms with Crippen molar-refractivity contribution in [3.8, 4) is 17.1 Å². The number of anilines is 1. The zero-order valence-electron chi connectivity index (χ0n) is 12.8. The zero-order valence-corrected chi connectivity index (χ0v) is 12.8. The summed E-state index contributed by atoms with van der Waals surface area (Å²) in [6.07, 6.45) is 0. The molecular formula is C18H19N3O. The number of nitrogen functional groups attached to an aromatic ring is 1. The third-order valence-corrected chi connectivity index (χ3v) is 3.55. The van der Waals surface area contributed by atoms with Crippen molar-refractivity contribution in [1.29, 1.82) is 0 Å². The Morgan fingerprint density at radius 2 is 1.95 bits per heavy atom. The molecule has 2 N–H and O–H groups in total. The Kier molecular flexibility index (Phi) is 3.59. The van der Waals surface area contributed by atoms with Gasteiger partial charge < -0.3 is 15.0 Å². The molecule has 0 aliphatic carbocycles. The summed E-state index contributed by atoms with van der Waals surface area (Å²) in [4.78, 5) is 4.78. The number of benzene rings is 2. The largest absolute Gasteiger partial charge is 0.497 e. The van der Waals surface area contributed by atoms with Crippen molar-refractivity contribution in [2.45, 2.75) is 13.5 Å². The van der Waals surface area contributed by atoms with E-state index in [2.05, 4.69) is 11.1 Å². The van der Waals surface area contributed by atoms with Crippen molar-refractivity contribution >= 4 is 16.7 Å².